The van der Waals surface area contributed by atoms with Crippen molar-refractivity contribution in [2.75, 3.05) is 32.0 Å². The van der Waals surface area contributed by atoms with Crippen LogP contribution in [-0.4, -0.2) is 52.0 Å². The minimum atomic E-state index is -1.25. The SMILES string of the molecule is O=C(CS(=O)Cc1ccoc1)NC/C=C/COc1cc(CN2CCCC2)ccn1. The number of carbonyl (C=O) groups is 1. The molecule has 1 N–H and O–H groups in total. The maximum Gasteiger partial charge on any atom is 0.232 e. The number of ether oxygens (including phenoxy) is 1. The lowest BCUT2D eigenvalue weighted by molar-refractivity contribution is -0.118. The van der Waals surface area contributed by atoms with Crippen molar-refractivity contribution in [2.45, 2.75) is 25.1 Å². The summed E-state index contributed by atoms with van der Waals surface area (Å²) in [6.07, 6.45) is 11.0. The lowest BCUT2D eigenvalue weighted by Gasteiger charge is -2.14. The standard InChI is InChI=1S/C21H27N3O4S/c25-20(17-29(26)16-19-6-12-27-15-19)22-7-1-4-11-28-21-13-18(5-8-23-21)14-24-9-2-3-10-24/h1,4-6,8,12-13,15H,2-3,7,9-11,14,16-17H2,(H,22,25)/b4-1+. The molecule has 29 heavy (non-hydrogen) atoms. The van der Waals surface area contributed by atoms with E-state index < -0.39 is 10.8 Å². The van der Waals surface area contributed by atoms with Gasteiger partial charge in [0.25, 0.3) is 0 Å². The van der Waals surface area contributed by atoms with E-state index in [0.29, 0.717) is 24.8 Å². The number of carbonyl (C=O) groups excluding carboxylic acids is 1. The van der Waals surface area contributed by atoms with E-state index in [1.54, 1.807) is 12.3 Å². The number of likely N-dealkylation sites (tertiary alicyclic amines) is 1. The Morgan fingerprint density at radius 3 is 2.93 bits per heavy atom. The van der Waals surface area contributed by atoms with Gasteiger partial charge in [0.15, 0.2) is 0 Å². The minimum Gasteiger partial charge on any atom is -0.473 e. The van der Waals surface area contributed by atoms with Crippen LogP contribution in [0.3, 0.4) is 0 Å². The largest absolute Gasteiger partial charge is 0.473 e. The molecular formula is C21H27N3O4S. The number of rotatable bonds is 11. The number of nitrogens with one attached hydrogen (secondary N) is 1. The van der Waals surface area contributed by atoms with Crippen molar-refractivity contribution < 1.29 is 18.2 Å². The average Bonchev–Trinajstić information content (AvgIpc) is 3.39. The Morgan fingerprint density at radius 2 is 2.14 bits per heavy atom. The molecule has 2 aromatic heterocycles. The summed E-state index contributed by atoms with van der Waals surface area (Å²) in [6.45, 7) is 3.99. The Labute approximate surface area is 173 Å². The lowest BCUT2D eigenvalue weighted by atomic mass is 10.2. The zero-order chi connectivity index (χ0) is 20.3. The normalized spacial score (nSPS) is 15.6. The van der Waals surface area contributed by atoms with Crippen LogP contribution in [0.5, 0.6) is 5.88 Å². The molecule has 0 aliphatic carbocycles. The van der Waals surface area contributed by atoms with Crippen LogP contribution in [0, 0.1) is 0 Å². The molecule has 0 saturated carbocycles. The molecule has 3 heterocycles. The summed E-state index contributed by atoms with van der Waals surface area (Å²) < 4.78 is 22.5. The van der Waals surface area contributed by atoms with Gasteiger partial charge >= 0.3 is 0 Å². The van der Waals surface area contributed by atoms with E-state index in [1.807, 2.05) is 24.3 Å². The molecule has 2 aromatic rings. The summed E-state index contributed by atoms with van der Waals surface area (Å²) in [5.41, 5.74) is 2.03. The van der Waals surface area contributed by atoms with Gasteiger partial charge in [0.05, 0.1) is 18.3 Å². The minimum absolute atomic E-state index is 0.0246. The fraction of sp³-hybridized carbons (Fsp3) is 0.429. The second kappa shape index (κ2) is 11.5. The first-order valence-corrected chi connectivity index (χ1v) is 11.3. The quantitative estimate of drug-likeness (QED) is 0.565. The van der Waals surface area contributed by atoms with Crippen molar-refractivity contribution in [1.29, 1.82) is 0 Å². The number of pyridine rings is 1. The van der Waals surface area contributed by atoms with Crippen molar-refractivity contribution in [3.63, 3.8) is 0 Å². The molecule has 3 rings (SSSR count). The first-order chi connectivity index (χ1) is 14.2. The molecule has 0 spiro atoms. The molecule has 8 heteroatoms. The van der Waals surface area contributed by atoms with Crippen molar-refractivity contribution in [3.05, 3.63) is 60.2 Å². The summed E-state index contributed by atoms with van der Waals surface area (Å²) in [5.74, 6) is 0.652. The van der Waals surface area contributed by atoms with Gasteiger partial charge in [-0.2, -0.15) is 0 Å². The van der Waals surface area contributed by atoms with E-state index >= 15 is 0 Å². The Hall–Kier alpha value is -2.45. The molecule has 1 aliphatic rings. The Balaban J connectivity index is 1.30. The molecule has 1 amide bonds. The zero-order valence-corrected chi connectivity index (χ0v) is 17.2. The van der Waals surface area contributed by atoms with Crippen LogP contribution >= 0.6 is 0 Å². The zero-order valence-electron chi connectivity index (χ0n) is 16.4. The molecular weight excluding hydrogens is 390 g/mol. The lowest BCUT2D eigenvalue weighted by Crippen LogP contribution is -2.28. The molecule has 1 atom stereocenters. The van der Waals surface area contributed by atoms with Gasteiger partial charge < -0.3 is 14.5 Å². The predicted octanol–water partition coefficient (Wildman–Crippen LogP) is 2.27. The molecule has 0 radical (unpaired) electrons. The van der Waals surface area contributed by atoms with Crippen molar-refractivity contribution in [3.8, 4) is 5.88 Å². The molecule has 1 saturated heterocycles. The molecule has 0 bridgehead atoms. The highest BCUT2D eigenvalue weighted by molar-refractivity contribution is 7.84. The monoisotopic (exact) mass is 417 g/mol. The third kappa shape index (κ3) is 7.83. The van der Waals surface area contributed by atoms with Crippen LogP contribution in [0.4, 0.5) is 0 Å². The van der Waals surface area contributed by atoms with E-state index in [1.165, 1.54) is 30.9 Å². The van der Waals surface area contributed by atoms with Crippen LogP contribution in [0.2, 0.25) is 0 Å². The second-order valence-corrected chi connectivity index (χ2v) is 8.39. The maximum atomic E-state index is 11.9. The topological polar surface area (TPSA) is 84.7 Å². The third-order valence-corrected chi connectivity index (χ3v) is 5.75. The number of hydrogen-bond donors (Lipinski definition) is 1. The van der Waals surface area contributed by atoms with Gasteiger partial charge in [0.1, 0.15) is 12.4 Å². The van der Waals surface area contributed by atoms with E-state index in [2.05, 4.69) is 15.2 Å². The molecule has 156 valence electrons. The summed E-state index contributed by atoms with van der Waals surface area (Å²) in [6, 6.07) is 5.74. The van der Waals surface area contributed by atoms with E-state index in [4.69, 9.17) is 9.15 Å². The van der Waals surface area contributed by atoms with Crippen molar-refractivity contribution in [2.24, 2.45) is 0 Å². The molecule has 1 unspecified atom stereocenters. The first-order valence-electron chi connectivity index (χ1n) is 9.77. The Bertz CT molecular complexity index is 817. The van der Waals surface area contributed by atoms with Gasteiger partial charge in [0.2, 0.25) is 11.8 Å². The molecule has 1 fully saturated rings. The fourth-order valence-electron chi connectivity index (χ4n) is 3.09. The highest BCUT2D eigenvalue weighted by atomic mass is 32.2. The third-order valence-electron chi connectivity index (χ3n) is 4.52. The van der Waals surface area contributed by atoms with E-state index in [0.717, 1.165) is 25.2 Å². The summed E-state index contributed by atoms with van der Waals surface area (Å²) >= 11 is 0. The van der Waals surface area contributed by atoms with Gasteiger partial charge in [-0.25, -0.2) is 4.98 Å². The highest BCUT2D eigenvalue weighted by Crippen LogP contribution is 2.15. The number of furan rings is 1. The van der Waals surface area contributed by atoms with E-state index in [-0.39, 0.29) is 11.7 Å². The second-order valence-electron chi connectivity index (χ2n) is 6.93. The number of aromatic nitrogens is 1. The van der Waals surface area contributed by atoms with Crippen molar-refractivity contribution in [1.82, 2.24) is 15.2 Å². The number of nitrogens with zero attached hydrogens (tertiary/aromatic N) is 2. The van der Waals surface area contributed by atoms with Crippen LogP contribution in [-0.2, 0) is 27.9 Å². The van der Waals surface area contributed by atoms with Gasteiger partial charge in [-0.15, -0.1) is 0 Å². The molecule has 1 aliphatic heterocycles. The van der Waals surface area contributed by atoms with Crippen LogP contribution in [0.1, 0.15) is 24.0 Å². The molecule has 0 aromatic carbocycles. The highest BCUT2D eigenvalue weighted by Gasteiger charge is 2.12. The van der Waals surface area contributed by atoms with Gasteiger partial charge in [-0.05, 0) is 49.7 Å². The van der Waals surface area contributed by atoms with E-state index in [9.17, 15) is 9.00 Å². The van der Waals surface area contributed by atoms with Crippen LogP contribution in [0.25, 0.3) is 0 Å². The van der Waals surface area contributed by atoms with Gasteiger partial charge in [-0.3, -0.25) is 13.9 Å². The van der Waals surface area contributed by atoms with Crippen LogP contribution < -0.4 is 10.1 Å². The summed E-state index contributed by atoms with van der Waals surface area (Å²) in [4.78, 5) is 18.5. The fourth-order valence-corrected chi connectivity index (χ4v) is 4.13. The Kier molecular flexibility index (Phi) is 8.45. The first kappa shape index (κ1) is 21.3. The van der Waals surface area contributed by atoms with Crippen molar-refractivity contribution >= 4 is 16.7 Å². The summed E-state index contributed by atoms with van der Waals surface area (Å²) in [7, 11) is -1.25. The van der Waals surface area contributed by atoms with Gasteiger partial charge in [0, 0.05) is 41.7 Å². The van der Waals surface area contributed by atoms with Crippen LogP contribution in [0.15, 0.2) is 53.5 Å². The number of hydrogen-bond acceptors (Lipinski definition) is 6. The predicted molar refractivity (Wildman–Crippen MR) is 112 cm³/mol. The molecule has 7 nitrogen and oxygen atoms in total. The average molecular weight is 418 g/mol. The maximum absolute atomic E-state index is 11.9. The smallest absolute Gasteiger partial charge is 0.232 e. The van der Waals surface area contributed by atoms with Gasteiger partial charge in [-0.1, -0.05) is 6.08 Å². The number of amides is 1. The summed E-state index contributed by atoms with van der Waals surface area (Å²) in [5, 5.41) is 2.72. The Morgan fingerprint density at radius 1 is 1.28 bits per heavy atom.